The predicted octanol–water partition coefficient (Wildman–Crippen LogP) is 2.29. The van der Waals surface area contributed by atoms with Crippen LogP contribution in [0.4, 0.5) is 0 Å². The van der Waals surface area contributed by atoms with Crippen LogP contribution in [0.2, 0.25) is 10.0 Å². The molecule has 0 aliphatic carbocycles. The second-order valence-corrected chi connectivity index (χ2v) is 5.35. The van der Waals surface area contributed by atoms with Crippen LogP contribution < -0.4 is 16.2 Å². The lowest BCUT2D eigenvalue weighted by Crippen LogP contribution is -2.25. The number of aromatic amines is 1. The van der Waals surface area contributed by atoms with Gasteiger partial charge in [-0.15, -0.1) is 0 Å². The van der Waals surface area contributed by atoms with Gasteiger partial charge in [-0.1, -0.05) is 29.3 Å². The van der Waals surface area contributed by atoms with Gasteiger partial charge in [0, 0.05) is 27.4 Å². The van der Waals surface area contributed by atoms with E-state index in [4.69, 9.17) is 33.7 Å². The number of fused-ring (bicyclic) bond motifs is 1. The molecule has 1 aliphatic heterocycles. The van der Waals surface area contributed by atoms with Gasteiger partial charge >= 0.3 is 5.69 Å². The lowest BCUT2D eigenvalue weighted by Gasteiger charge is -2.26. The Hall–Kier alpha value is -2.49. The van der Waals surface area contributed by atoms with Crippen molar-refractivity contribution in [2.24, 2.45) is 5.73 Å². The molecule has 0 saturated heterocycles. The molecule has 1 aliphatic rings. The van der Waals surface area contributed by atoms with Crippen LogP contribution in [0.5, 0.6) is 5.88 Å². The van der Waals surface area contributed by atoms with Crippen molar-refractivity contribution in [3.05, 3.63) is 67.5 Å². The van der Waals surface area contributed by atoms with Crippen molar-refractivity contribution >= 4 is 23.2 Å². The highest BCUT2D eigenvalue weighted by Gasteiger charge is 2.34. The number of nitriles is 1. The molecule has 0 bridgehead atoms. The molecule has 3 rings (SSSR count). The highest BCUT2D eigenvalue weighted by Crippen LogP contribution is 2.44. The second-order valence-electron chi connectivity index (χ2n) is 4.53. The molecule has 0 amide bonds. The first-order valence-corrected chi connectivity index (χ1v) is 6.89. The Morgan fingerprint density at radius 3 is 2.68 bits per heavy atom. The van der Waals surface area contributed by atoms with Crippen LogP contribution in [0.1, 0.15) is 17.0 Å². The zero-order chi connectivity index (χ0) is 15.9. The molecule has 1 unspecified atom stereocenters. The average molecular weight is 335 g/mol. The van der Waals surface area contributed by atoms with Gasteiger partial charge in [0.15, 0.2) is 0 Å². The molecule has 110 valence electrons. The first-order valence-electron chi connectivity index (χ1n) is 6.13. The largest absolute Gasteiger partial charge is 0.424 e. The molecule has 6 nitrogen and oxygen atoms in total. The number of hydrogen-bond donors (Lipinski definition) is 2. The van der Waals surface area contributed by atoms with Crippen molar-refractivity contribution in [1.29, 1.82) is 5.26 Å². The van der Waals surface area contributed by atoms with Crippen molar-refractivity contribution in [1.82, 2.24) is 9.97 Å². The third-order valence-electron chi connectivity index (χ3n) is 3.29. The molecule has 0 saturated carbocycles. The monoisotopic (exact) mass is 334 g/mol. The Kier molecular flexibility index (Phi) is 3.53. The Bertz CT molecular complexity index is 878. The number of hydrogen-bond acceptors (Lipinski definition) is 5. The summed E-state index contributed by atoms with van der Waals surface area (Å²) in [6.07, 6.45) is 1.32. The van der Waals surface area contributed by atoms with Gasteiger partial charge in [-0.3, -0.25) is 4.98 Å². The third kappa shape index (κ3) is 2.21. The van der Waals surface area contributed by atoms with Crippen molar-refractivity contribution < 1.29 is 4.74 Å². The highest BCUT2D eigenvalue weighted by molar-refractivity contribution is 6.36. The van der Waals surface area contributed by atoms with Crippen LogP contribution in [0.25, 0.3) is 0 Å². The number of H-pyrrole nitrogens is 1. The number of ether oxygens (including phenoxy) is 1. The molecule has 8 heteroatoms. The van der Waals surface area contributed by atoms with Gasteiger partial charge < -0.3 is 10.5 Å². The summed E-state index contributed by atoms with van der Waals surface area (Å²) in [5.41, 5.74) is 6.31. The van der Waals surface area contributed by atoms with Gasteiger partial charge in [0.2, 0.25) is 11.8 Å². The van der Waals surface area contributed by atoms with Crippen LogP contribution in [-0.2, 0) is 0 Å². The van der Waals surface area contributed by atoms with E-state index in [0.717, 1.165) is 0 Å². The molecule has 0 fully saturated rings. The smallest absolute Gasteiger partial charge is 0.347 e. The summed E-state index contributed by atoms with van der Waals surface area (Å²) < 4.78 is 5.30. The van der Waals surface area contributed by atoms with E-state index in [0.29, 0.717) is 21.2 Å². The molecule has 22 heavy (non-hydrogen) atoms. The zero-order valence-corrected chi connectivity index (χ0v) is 12.4. The summed E-state index contributed by atoms with van der Waals surface area (Å²) in [6.45, 7) is 0. The molecule has 3 N–H and O–H groups in total. The number of allylic oxidation sites excluding steroid dienone is 1. The number of benzene rings is 1. The number of nitrogens with two attached hydrogens (primary N) is 1. The second kappa shape index (κ2) is 5.37. The van der Waals surface area contributed by atoms with Gasteiger partial charge in [-0.2, -0.15) is 5.26 Å². The topological polar surface area (TPSA) is 105 Å². The quantitative estimate of drug-likeness (QED) is 0.832. The van der Waals surface area contributed by atoms with E-state index in [1.165, 1.54) is 6.20 Å². The normalized spacial score (nSPS) is 16.7. The fourth-order valence-corrected chi connectivity index (χ4v) is 2.96. The van der Waals surface area contributed by atoms with Crippen LogP contribution >= 0.6 is 23.2 Å². The standard InChI is InChI=1S/C14H8Cl2N4O2/c15-8-2-1-3-9(16)11(8)10-6(4-17)12(18)22-13-7(10)5-19-14(21)20-13/h1-3,5,10H,18H2,(H,19,20,21). The Morgan fingerprint density at radius 1 is 1.36 bits per heavy atom. The van der Waals surface area contributed by atoms with Gasteiger partial charge in [0.05, 0.1) is 5.92 Å². The number of nitrogens with zero attached hydrogens (tertiary/aromatic N) is 2. The molecule has 2 heterocycles. The highest BCUT2D eigenvalue weighted by atomic mass is 35.5. The van der Waals surface area contributed by atoms with E-state index < -0.39 is 11.6 Å². The minimum Gasteiger partial charge on any atom is -0.424 e. The summed E-state index contributed by atoms with van der Waals surface area (Å²) >= 11 is 12.5. The van der Waals surface area contributed by atoms with Crippen LogP contribution in [0.15, 0.2) is 40.6 Å². The molecule has 0 radical (unpaired) electrons. The van der Waals surface area contributed by atoms with Crippen molar-refractivity contribution in [3.63, 3.8) is 0 Å². The molecular formula is C14H8Cl2N4O2. The average Bonchev–Trinajstić information content (AvgIpc) is 2.46. The summed E-state index contributed by atoms with van der Waals surface area (Å²) in [4.78, 5) is 17.5. The minimum atomic E-state index is -0.667. The van der Waals surface area contributed by atoms with E-state index in [1.54, 1.807) is 18.2 Å². The summed E-state index contributed by atoms with van der Waals surface area (Å²) in [5, 5.41) is 10.2. The first kappa shape index (κ1) is 14.4. The SMILES string of the molecule is N#CC1=C(N)Oc2[nH]c(=O)ncc2C1c1c(Cl)cccc1Cl. The lowest BCUT2D eigenvalue weighted by molar-refractivity contribution is 0.374. The molecule has 1 aromatic heterocycles. The van der Waals surface area contributed by atoms with E-state index in [9.17, 15) is 10.1 Å². The van der Waals surface area contributed by atoms with Crippen LogP contribution in [0.3, 0.4) is 0 Å². The van der Waals surface area contributed by atoms with Gasteiger partial charge in [-0.05, 0) is 12.1 Å². The lowest BCUT2D eigenvalue weighted by atomic mass is 9.85. The molecule has 1 atom stereocenters. The predicted molar refractivity (Wildman–Crippen MR) is 80.6 cm³/mol. The Morgan fingerprint density at radius 2 is 2.05 bits per heavy atom. The van der Waals surface area contributed by atoms with E-state index in [-0.39, 0.29) is 17.3 Å². The van der Waals surface area contributed by atoms with Crippen molar-refractivity contribution in [2.45, 2.75) is 5.92 Å². The van der Waals surface area contributed by atoms with Crippen LogP contribution in [0, 0.1) is 11.3 Å². The summed E-state index contributed by atoms with van der Waals surface area (Å²) in [5.74, 6) is -0.658. The molecular weight excluding hydrogens is 327 g/mol. The van der Waals surface area contributed by atoms with E-state index >= 15 is 0 Å². The molecule has 1 aromatic carbocycles. The zero-order valence-electron chi connectivity index (χ0n) is 10.9. The van der Waals surface area contributed by atoms with Crippen molar-refractivity contribution in [3.8, 4) is 11.9 Å². The van der Waals surface area contributed by atoms with Crippen LogP contribution in [-0.4, -0.2) is 9.97 Å². The molecule has 2 aromatic rings. The fraction of sp³-hybridized carbons (Fsp3) is 0.0714. The maximum absolute atomic E-state index is 11.4. The fourth-order valence-electron chi connectivity index (χ4n) is 2.35. The van der Waals surface area contributed by atoms with E-state index in [1.807, 2.05) is 6.07 Å². The van der Waals surface area contributed by atoms with Gasteiger partial charge in [-0.25, -0.2) is 9.78 Å². The molecule has 0 spiro atoms. The van der Waals surface area contributed by atoms with E-state index in [2.05, 4.69) is 9.97 Å². The van der Waals surface area contributed by atoms with Gasteiger partial charge in [0.25, 0.3) is 0 Å². The summed E-state index contributed by atoms with van der Waals surface area (Å²) in [6, 6.07) is 7.01. The van der Waals surface area contributed by atoms with Gasteiger partial charge in [0.1, 0.15) is 11.6 Å². The first-order chi connectivity index (χ1) is 10.5. The Balaban J connectivity index is 2.34. The maximum Gasteiger partial charge on any atom is 0.347 e. The Labute approximate surface area is 134 Å². The maximum atomic E-state index is 11.4. The van der Waals surface area contributed by atoms with Crippen molar-refractivity contribution in [2.75, 3.05) is 0 Å². The minimum absolute atomic E-state index is 0.113. The number of rotatable bonds is 1. The number of aromatic nitrogens is 2. The third-order valence-corrected chi connectivity index (χ3v) is 3.95. The number of nitrogens with one attached hydrogen (secondary N) is 1. The summed E-state index contributed by atoms with van der Waals surface area (Å²) in [7, 11) is 0. The number of halogens is 2.